The van der Waals surface area contributed by atoms with Gasteiger partial charge in [-0.25, -0.2) is 13.6 Å². The first-order valence-electron chi connectivity index (χ1n) is 6.94. The Bertz CT molecular complexity index is 493. The molecule has 4 nitrogen and oxygen atoms in total. The molecule has 0 bridgehead atoms. The predicted octanol–water partition coefficient (Wildman–Crippen LogP) is 2.56. The molecule has 0 saturated heterocycles. The molecule has 2 unspecified atom stereocenters. The number of aliphatic hydroxyl groups is 1. The predicted molar refractivity (Wildman–Crippen MR) is 76.7 cm³/mol. The van der Waals surface area contributed by atoms with Gasteiger partial charge in [0.25, 0.3) is 0 Å². The number of rotatable bonds is 6. The maximum absolute atomic E-state index is 13.4. The topological polar surface area (TPSA) is 61.4 Å². The van der Waals surface area contributed by atoms with Crippen LogP contribution in [0.3, 0.4) is 0 Å². The fourth-order valence-electron chi connectivity index (χ4n) is 1.79. The largest absolute Gasteiger partial charge is 0.388 e. The number of amides is 2. The number of urea groups is 1. The lowest BCUT2D eigenvalue weighted by atomic mass is 9.89. The molecule has 3 N–H and O–H groups in total. The van der Waals surface area contributed by atoms with Gasteiger partial charge in [-0.3, -0.25) is 0 Å². The summed E-state index contributed by atoms with van der Waals surface area (Å²) in [6.45, 7) is 5.45. The summed E-state index contributed by atoms with van der Waals surface area (Å²) >= 11 is 0. The van der Waals surface area contributed by atoms with Gasteiger partial charge in [0.2, 0.25) is 0 Å². The maximum Gasteiger partial charge on any atom is 0.315 e. The molecule has 0 heterocycles. The number of carbonyl (C=O) groups excluding carboxylic acids is 1. The number of carbonyl (C=O) groups is 1. The number of hydrogen-bond acceptors (Lipinski definition) is 2. The van der Waals surface area contributed by atoms with Crippen molar-refractivity contribution in [2.45, 2.75) is 39.3 Å². The van der Waals surface area contributed by atoms with Crippen LogP contribution < -0.4 is 10.6 Å². The first kappa shape index (κ1) is 17.4. The molecule has 0 spiro atoms. The van der Waals surface area contributed by atoms with Gasteiger partial charge >= 0.3 is 6.03 Å². The lowest BCUT2D eigenvalue weighted by Crippen LogP contribution is -2.47. The highest BCUT2D eigenvalue weighted by atomic mass is 19.1. The van der Waals surface area contributed by atoms with Crippen molar-refractivity contribution < 1.29 is 18.7 Å². The Balaban J connectivity index is 2.46. The summed E-state index contributed by atoms with van der Waals surface area (Å²) in [6, 6.07) is 2.52. The van der Waals surface area contributed by atoms with Crippen LogP contribution in [0.5, 0.6) is 0 Å². The van der Waals surface area contributed by atoms with E-state index in [2.05, 4.69) is 10.6 Å². The lowest BCUT2D eigenvalue weighted by molar-refractivity contribution is 0.00790. The van der Waals surface area contributed by atoms with E-state index in [0.29, 0.717) is 0 Å². The minimum atomic E-state index is -1.02. The van der Waals surface area contributed by atoms with E-state index in [1.165, 1.54) is 0 Å². The van der Waals surface area contributed by atoms with E-state index in [1.54, 1.807) is 6.92 Å². The highest BCUT2D eigenvalue weighted by Gasteiger charge is 2.27. The summed E-state index contributed by atoms with van der Waals surface area (Å²) in [5, 5.41) is 15.1. The summed E-state index contributed by atoms with van der Waals surface area (Å²) in [6.07, 6.45) is 0.783. The van der Waals surface area contributed by atoms with Gasteiger partial charge < -0.3 is 15.7 Å². The second-order valence-corrected chi connectivity index (χ2v) is 5.44. The molecule has 0 fully saturated rings. The van der Waals surface area contributed by atoms with Crippen molar-refractivity contribution in [2.75, 3.05) is 6.54 Å². The summed E-state index contributed by atoms with van der Waals surface area (Å²) < 4.78 is 26.3. The second-order valence-electron chi connectivity index (χ2n) is 5.44. The van der Waals surface area contributed by atoms with Crippen LogP contribution in [-0.4, -0.2) is 23.3 Å². The fraction of sp³-hybridized carbons (Fsp3) is 0.533. The zero-order valence-corrected chi connectivity index (χ0v) is 12.5. The van der Waals surface area contributed by atoms with Gasteiger partial charge in [0.05, 0.1) is 5.60 Å². The second kappa shape index (κ2) is 7.36. The van der Waals surface area contributed by atoms with Crippen LogP contribution >= 0.6 is 0 Å². The molecular formula is C15H22F2N2O2. The third kappa shape index (κ3) is 5.30. The molecule has 1 aromatic rings. The van der Waals surface area contributed by atoms with Gasteiger partial charge in [0.1, 0.15) is 11.6 Å². The zero-order chi connectivity index (χ0) is 16.0. The highest BCUT2D eigenvalue weighted by Crippen LogP contribution is 2.18. The minimum absolute atomic E-state index is 0.0264. The van der Waals surface area contributed by atoms with Gasteiger partial charge in [-0.2, -0.15) is 0 Å². The van der Waals surface area contributed by atoms with E-state index in [-0.39, 0.29) is 24.6 Å². The summed E-state index contributed by atoms with van der Waals surface area (Å²) in [7, 11) is 0. The van der Waals surface area contributed by atoms with Crippen LogP contribution in [-0.2, 0) is 6.54 Å². The molecule has 0 saturated carbocycles. The summed E-state index contributed by atoms with van der Waals surface area (Å²) in [5.41, 5.74) is -0.949. The first-order chi connectivity index (χ1) is 9.76. The molecule has 1 rings (SSSR count). The van der Waals surface area contributed by atoms with Gasteiger partial charge in [-0.05, 0) is 31.0 Å². The molecular weight excluding hydrogens is 278 g/mol. The van der Waals surface area contributed by atoms with E-state index in [4.69, 9.17) is 0 Å². The molecule has 2 atom stereocenters. The van der Waals surface area contributed by atoms with Gasteiger partial charge in [-0.1, -0.05) is 20.3 Å². The van der Waals surface area contributed by atoms with E-state index < -0.39 is 23.3 Å². The number of hydrogen-bond donors (Lipinski definition) is 3. The summed E-state index contributed by atoms with van der Waals surface area (Å²) in [5.74, 6) is -1.12. The van der Waals surface area contributed by atoms with Gasteiger partial charge in [0.15, 0.2) is 0 Å². The molecule has 1 aromatic carbocycles. The average molecular weight is 300 g/mol. The van der Waals surface area contributed by atoms with Crippen molar-refractivity contribution in [3.05, 3.63) is 35.4 Å². The number of halogens is 2. The zero-order valence-electron chi connectivity index (χ0n) is 12.5. The number of benzene rings is 1. The summed E-state index contributed by atoms with van der Waals surface area (Å²) in [4.78, 5) is 11.6. The van der Waals surface area contributed by atoms with Crippen LogP contribution in [0.2, 0.25) is 0 Å². The van der Waals surface area contributed by atoms with Crippen molar-refractivity contribution in [1.82, 2.24) is 10.6 Å². The lowest BCUT2D eigenvalue weighted by Gasteiger charge is -2.29. The van der Waals surface area contributed by atoms with Crippen LogP contribution in [0.1, 0.15) is 32.8 Å². The molecule has 21 heavy (non-hydrogen) atoms. The monoisotopic (exact) mass is 300 g/mol. The van der Waals surface area contributed by atoms with E-state index >= 15 is 0 Å². The molecule has 0 aliphatic carbocycles. The quantitative estimate of drug-likeness (QED) is 0.756. The molecule has 2 amide bonds. The van der Waals surface area contributed by atoms with E-state index in [9.17, 15) is 18.7 Å². The Kier molecular flexibility index (Phi) is 6.08. The molecule has 118 valence electrons. The maximum atomic E-state index is 13.4. The van der Waals surface area contributed by atoms with E-state index in [0.717, 1.165) is 24.6 Å². The number of nitrogens with one attached hydrogen (secondary N) is 2. The first-order valence-corrected chi connectivity index (χ1v) is 6.94. The average Bonchev–Trinajstić information content (AvgIpc) is 2.45. The van der Waals surface area contributed by atoms with Crippen molar-refractivity contribution in [2.24, 2.45) is 5.92 Å². The van der Waals surface area contributed by atoms with Crippen molar-refractivity contribution in [3.63, 3.8) is 0 Å². The molecule has 0 aliphatic heterocycles. The minimum Gasteiger partial charge on any atom is -0.388 e. The van der Waals surface area contributed by atoms with Gasteiger partial charge in [-0.15, -0.1) is 0 Å². The standard InChI is InChI=1S/C15H22F2N2O2/c1-4-10(2)15(3,21)9-19-14(20)18-8-11-7-12(16)5-6-13(11)17/h5-7,10,21H,4,8-9H2,1-3H3,(H2,18,19,20). The van der Waals surface area contributed by atoms with Crippen LogP contribution in [0.4, 0.5) is 13.6 Å². The third-order valence-electron chi connectivity index (χ3n) is 3.73. The third-order valence-corrected chi connectivity index (χ3v) is 3.73. The van der Waals surface area contributed by atoms with Crippen LogP contribution in [0.15, 0.2) is 18.2 Å². The Labute approximate surface area is 123 Å². The SMILES string of the molecule is CCC(C)C(C)(O)CNC(=O)NCc1cc(F)ccc1F. The highest BCUT2D eigenvalue weighted by molar-refractivity contribution is 5.73. The Morgan fingerprint density at radius 3 is 2.67 bits per heavy atom. The molecule has 0 aliphatic rings. The van der Waals surface area contributed by atoms with Crippen LogP contribution in [0.25, 0.3) is 0 Å². The normalized spacial score (nSPS) is 15.1. The Morgan fingerprint density at radius 1 is 1.38 bits per heavy atom. The molecule has 0 aromatic heterocycles. The van der Waals surface area contributed by atoms with Crippen molar-refractivity contribution in [3.8, 4) is 0 Å². The van der Waals surface area contributed by atoms with Crippen LogP contribution in [0, 0.1) is 17.6 Å². The smallest absolute Gasteiger partial charge is 0.315 e. The van der Waals surface area contributed by atoms with Crippen molar-refractivity contribution in [1.29, 1.82) is 0 Å². The molecule has 0 radical (unpaired) electrons. The molecule has 6 heteroatoms. The Morgan fingerprint density at radius 2 is 2.05 bits per heavy atom. The Hall–Kier alpha value is -1.69. The van der Waals surface area contributed by atoms with Crippen molar-refractivity contribution >= 4 is 6.03 Å². The van der Waals surface area contributed by atoms with E-state index in [1.807, 2.05) is 13.8 Å². The fourth-order valence-corrected chi connectivity index (χ4v) is 1.79. The van der Waals surface area contributed by atoms with Gasteiger partial charge in [0, 0.05) is 18.7 Å².